The highest BCUT2D eigenvalue weighted by Crippen LogP contribution is 2.29. The Labute approximate surface area is 131 Å². The predicted octanol–water partition coefficient (Wildman–Crippen LogP) is 3.07. The smallest absolute Gasteiger partial charge is 0.269 e. The Morgan fingerprint density at radius 3 is 2.95 bits per heavy atom. The first-order chi connectivity index (χ1) is 10.0. The Kier molecular flexibility index (Phi) is 4.87. The Balaban J connectivity index is 2.21. The minimum atomic E-state index is -0.357. The molecule has 0 aliphatic heterocycles. The number of nitrogen functional groups attached to an aromatic ring is 1. The van der Waals surface area contributed by atoms with Crippen LogP contribution in [0.15, 0.2) is 18.2 Å². The number of nitrogens with zero attached hydrogens (tertiary/aromatic N) is 1. The van der Waals surface area contributed by atoms with Crippen molar-refractivity contribution in [1.82, 2.24) is 4.98 Å². The molecule has 1 heterocycles. The number of halogens is 1. The van der Waals surface area contributed by atoms with Gasteiger partial charge in [-0.3, -0.25) is 4.79 Å². The number of benzene rings is 1. The van der Waals surface area contributed by atoms with Crippen LogP contribution in [-0.4, -0.2) is 24.5 Å². The Morgan fingerprint density at radius 2 is 2.29 bits per heavy atom. The first-order valence-electron chi connectivity index (χ1n) is 6.20. The van der Waals surface area contributed by atoms with Crippen molar-refractivity contribution in [2.75, 3.05) is 30.0 Å². The number of thiazole rings is 1. The highest BCUT2D eigenvalue weighted by molar-refractivity contribution is 7.18. The molecule has 0 saturated carbocycles. The molecule has 0 atom stereocenters. The summed E-state index contributed by atoms with van der Waals surface area (Å²) in [5, 5.41) is 6.75. The van der Waals surface area contributed by atoms with Crippen LogP contribution in [0.4, 0.5) is 16.6 Å². The Morgan fingerprint density at radius 1 is 1.52 bits per heavy atom. The van der Waals surface area contributed by atoms with Gasteiger partial charge in [-0.05, 0) is 19.1 Å². The van der Waals surface area contributed by atoms with Crippen molar-refractivity contribution in [3.05, 3.63) is 28.1 Å². The van der Waals surface area contributed by atoms with Crippen molar-refractivity contribution in [2.45, 2.75) is 6.92 Å². The summed E-state index contributed by atoms with van der Waals surface area (Å²) >= 11 is 7.25. The summed E-state index contributed by atoms with van der Waals surface area (Å²) in [7, 11) is 1.54. The normalized spacial score (nSPS) is 10.2. The largest absolute Gasteiger partial charge is 0.497 e. The number of anilines is 3. The number of amides is 1. The van der Waals surface area contributed by atoms with Crippen LogP contribution in [0, 0.1) is 0 Å². The summed E-state index contributed by atoms with van der Waals surface area (Å²) in [4.78, 5) is 16.7. The summed E-state index contributed by atoms with van der Waals surface area (Å²) < 4.78 is 5.10. The molecular formula is C13H15ClN4O2S. The molecule has 0 radical (unpaired) electrons. The molecule has 0 aliphatic rings. The second-order valence-electron chi connectivity index (χ2n) is 4.06. The minimum absolute atomic E-state index is 0.187. The van der Waals surface area contributed by atoms with Crippen molar-refractivity contribution in [3.63, 3.8) is 0 Å². The van der Waals surface area contributed by atoms with Crippen molar-refractivity contribution in [1.29, 1.82) is 0 Å². The molecule has 21 heavy (non-hydrogen) atoms. The van der Waals surface area contributed by atoms with Crippen molar-refractivity contribution in [2.24, 2.45) is 0 Å². The average Bonchev–Trinajstić information content (AvgIpc) is 2.82. The molecule has 0 unspecified atom stereocenters. The van der Waals surface area contributed by atoms with E-state index < -0.39 is 0 Å². The molecule has 0 fully saturated rings. The summed E-state index contributed by atoms with van der Waals surface area (Å²) in [6.45, 7) is 2.64. The number of ether oxygens (including phenoxy) is 1. The molecule has 1 aromatic heterocycles. The topological polar surface area (TPSA) is 89.3 Å². The number of nitrogens with one attached hydrogen (secondary N) is 2. The van der Waals surface area contributed by atoms with E-state index in [1.165, 1.54) is 11.3 Å². The Hall–Kier alpha value is -1.99. The van der Waals surface area contributed by atoms with E-state index in [-0.39, 0.29) is 11.7 Å². The molecule has 0 bridgehead atoms. The van der Waals surface area contributed by atoms with Crippen molar-refractivity contribution < 1.29 is 9.53 Å². The summed E-state index contributed by atoms with van der Waals surface area (Å²) in [6, 6.07) is 5.00. The second kappa shape index (κ2) is 6.64. The van der Waals surface area contributed by atoms with Crippen LogP contribution in [0.1, 0.15) is 16.6 Å². The zero-order valence-corrected chi connectivity index (χ0v) is 13.1. The lowest BCUT2D eigenvalue weighted by molar-refractivity contribution is 0.103. The van der Waals surface area contributed by atoms with Crippen LogP contribution in [0.5, 0.6) is 5.75 Å². The molecule has 1 aromatic carbocycles. The molecular weight excluding hydrogens is 312 g/mol. The third-order valence-electron chi connectivity index (χ3n) is 2.61. The van der Waals surface area contributed by atoms with Gasteiger partial charge >= 0.3 is 0 Å². The van der Waals surface area contributed by atoms with Gasteiger partial charge in [0, 0.05) is 12.6 Å². The van der Waals surface area contributed by atoms with E-state index >= 15 is 0 Å². The monoisotopic (exact) mass is 326 g/mol. The van der Waals surface area contributed by atoms with E-state index in [4.69, 9.17) is 22.1 Å². The highest BCUT2D eigenvalue weighted by atomic mass is 35.5. The van der Waals surface area contributed by atoms with E-state index in [0.717, 1.165) is 0 Å². The molecule has 8 heteroatoms. The van der Waals surface area contributed by atoms with Gasteiger partial charge in [-0.1, -0.05) is 22.9 Å². The first kappa shape index (κ1) is 15.4. The van der Waals surface area contributed by atoms with Crippen LogP contribution < -0.4 is 21.1 Å². The summed E-state index contributed by atoms with van der Waals surface area (Å²) in [6.07, 6.45) is 0. The fraction of sp³-hybridized carbons (Fsp3) is 0.231. The lowest BCUT2D eigenvalue weighted by Gasteiger charge is -2.08. The molecule has 6 nitrogen and oxygen atoms in total. The molecule has 0 aliphatic carbocycles. The lowest BCUT2D eigenvalue weighted by Crippen LogP contribution is -2.12. The Bertz CT molecular complexity index is 660. The molecule has 112 valence electrons. The number of nitrogens with two attached hydrogens (primary N) is 1. The molecule has 4 N–H and O–H groups in total. The van der Waals surface area contributed by atoms with Crippen LogP contribution in [0.2, 0.25) is 5.02 Å². The molecule has 1 amide bonds. The third kappa shape index (κ3) is 3.56. The number of rotatable bonds is 5. The number of aromatic nitrogens is 1. The zero-order valence-electron chi connectivity index (χ0n) is 11.6. The SMILES string of the molecule is CCNc1nc(N)c(C(=O)Nc2cc(OC)ccc2Cl)s1. The van der Waals surface area contributed by atoms with E-state index in [9.17, 15) is 4.79 Å². The van der Waals surface area contributed by atoms with Gasteiger partial charge in [-0.25, -0.2) is 4.98 Å². The van der Waals surface area contributed by atoms with Gasteiger partial charge in [-0.15, -0.1) is 0 Å². The van der Waals surface area contributed by atoms with Crippen LogP contribution >= 0.6 is 22.9 Å². The maximum absolute atomic E-state index is 12.3. The van der Waals surface area contributed by atoms with Gasteiger partial charge in [0.05, 0.1) is 17.8 Å². The second-order valence-corrected chi connectivity index (χ2v) is 5.47. The molecule has 0 saturated heterocycles. The van der Waals surface area contributed by atoms with E-state index in [0.29, 0.717) is 33.0 Å². The van der Waals surface area contributed by atoms with Gasteiger partial charge < -0.3 is 21.1 Å². The fourth-order valence-electron chi connectivity index (χ4n) is 1.63. The number of carbonyl (C=O) groups is 1. The zero-order chi connectivity index (χ0) is 15.4. The quantitative estimate of drug-likeness (QED) is 0.785. The van der Waals surface area contributed by atoms with E-state index in [1.54, 1.807) is 25.3 Å². The predicted molar refractivity (Wildman–Crippen MR) is 86.6 cm³/mol. The number of methoxy groups -OCH3 is 1. The van der Waals surface area contributed by atoms with Crippen LogP contribution in [0.25, 0.3) is 0 Å². The van der Waals surface area contributed by atoms with Gasteiger partial charge in [0.1, 0.15) is 16.4 Å². The van der Waals surface area contributed by atoms with Crippen LogP contribution in [-0.2, 0) is 0 Å². The molecule has 2 rings (SSSR count). The van der Waals surface area contributed by atoms with Gasteiger partial charge in [0.2, 0.25) is 0 Å². The number of hydrogen-bond donors (Lipinski definition) is 3. The lowest BCUT2D eigenvalue weighted by atomic mass is 10.3. The fourth-order valence-corrected chi connectivity index (χ4v) is 2.64. The summed E-state index contributed by atoms with van der Waals surface area (Å²) in [5.74, 6) is 0.428. The maximum Gasteiger partial charge on any atom is 0.269 e. The number of hydrogen-bond acceptors (Lipinski definition) is 6. The minimum Gasteiger partial charge on any atom is -0.497 e. The van der Waals surface area contributed by atoms with Gasteiger partial charge in [-0.2, -0.15) is 0 Å². The van der Waals surface area contributed by atoms with Crippen LogP contribution in [0.3, 0.4) is 0 Å². The van der Waals surface area contributed by atoms with Gasteiger partial charge in [0.15, 0.2) is 5.13 Å². The molecule has 2 aromatic rings. The highest BCUT2D eigenvalue weighted by Gasteiger charge is 2.17. The number of carbonyl (C=O) groups excluding carboxylic acids is 1. The first-order valence-corrected chi connectivity index (χ1v) is 7.39. The average molecular weight is 327 g/mol. The van der Waals surface area contributed by atoms with Crippen molar-refractivity contribution in [3.8, 4) is 5.75 Å². The maximum atomic E-state index is 12.3. The van der Waals surface area contributed by atoms with E-state index in [1.807, 2.05) is 6.92 Å². The molecule has 0 spiro atoms. The van der Waals surface area contributed by atoms with Crippen molar-refractivity contribution >= 4 is 45.5 Å². The third-order valence-corrected chi connectivity index (χ3v) is 3.97. The van der Waals surface area contributed by atoms with E-state index in [2.05, 4.69) is 15.6 Å². The standard InChI is InChI=1S/C13H15ClN4O2S/c1-3-16-13-18-11(15)10(21-13)12(19)17-9-6-7(20-2)4-5-8(9)14/h4-6H,3,15H2,1-2H3,(H,16,18)(H,17,19). The summed E-state index contributed by atoms with van der Waals surface area (Å²) in [5.41, 5.74) is 6.22. The van der Waals surface area contributed by atoms with Gasteiger partial charge in [0.25, 0.3) is 5.91 Å².